The Hall–Kier alpha value is -3.36. The third-order valence-electron chi connectivity index (χ3n) is 3.61. The number of anilines is 1. The Morgan fingerprint density at radius 1 is 1.18 bits per heavy atom. The van der Waals surface area contributed by atoms with Crippen molar-refractivity contribution >= 4 is 17.7 Å². The molecular formula is C19H16F3NO5. The Labute approximate surface area is 158 Å². The number of rotatable bonds is 5. The minimum absolute atomic E-state index is 0.163. The number of alkyl halides is 3. The Bertz CT molecular complexity index is 878. The normalized spacial score (nSPS) is 13.3. The molecule has 9 heteroatoms. The summed E-state index contributed by atoms with van der Waals surface area (Å²) in [4.78, 5) is 12.1. The monoisotopic (exact) mass is 395 g/mol. The van der Waals surface area contributed by atoms with Crippen LogP contribution in [0.15, 0.2) is 42.5 Å². The van der Waals surface area contributed by atoms with Crippen molar-refractivity contribution in [3.63, 3.8) is 0 Å². The molecule has 0 saturated heterocycles. The van der Waals surface area contributed by atoms with Gasteiger partial charge in [-0.3, -0.25) is 4.79 Å². The second-order valence-electron chi connectivity index (χ2n) is 5.65. The van der Waals surface area contributed by atoms with E-state index in [1.54, 1.807) is 12.1 Å². The van der Waals surface area contributed by atoms with Crippen molar-refractivity contribution in [3.8, 4) is 23.0 Å². The van der Waals surface area contributed by atoms with E-state index in [9.17, 15) is 18.0 Å². The van der Waals surface area contributed by atoms with Crippen molar-refractivity contribution in [2.75, 3.05) is 25.6 Å². The molecule has 1 aliphatic heterocycles. The Kier molecular flexibility index (Phi) is 5.62. The van der Waals surface area contributed by atoms with Crippen LogP contribution < -0.4 is 24.3 Å². The fourth-order valence-corrected chi connectivity index (χ4v) is 2.52. The van der Waals surface area contributed by atoms with Gasteiger partial charge in [-0.05, 0) is 35.9 Å². The average molecular weight is 395 g/mol. The van der Waals surface area contributed by atoms with Crippen LogP contribution >= 0.6 is 0 Å². The van der Waals surface area contributed by atoms with Gasteiger partial charge in [0.1, 0.15) is 19.0 Å². The van der Waals surface area contributed by atoms with Gasteiger partial charge in [0.25, 0.3) is 0 Å². The second kappa shape index (κ2) is 8.12. The van der Waals surface area contributed by atoms with Crippen LogP contribution in [0.1, 0.15) is 5.56 Å². The molecule has 148 valence electrons. The molecule has 0 aliphatic carbocycles. The third kappa shape index (κ3) is 5.09. The van der Waals surface area contributed by atoms with Gasteiger partial charge in [-0.15, -0.1) is 13.2 Å². The van der Waals surface area contributed by atoms with Crippen molar-refractivity contribution in [1.29, 1.82) is 0 Å². The van der Waals surface area contributed by atoms with Crippen LogP contribution in [0, 0.1) is 0 Å². The average Bonchev–Trinajstić information content (AvgIpc) is 2.64. The van der Waals surface area contributed by atoms with E-state index >= 15 is 0 Å². The van der Waals surface area contributed by atoms with Gasteiger partial charge in [0.2, 0.25) is 11.7 Å². The molecule has 3 rings (SSSR count). The zero-order chi connectivity index (χ0) is 20.1. The van der Waals surface area contributed by atoms with E-state index in [0.717, 1.165) is 12.1 Å². The molecule has 0 aromatic heterocycles. The number of nitrogens with one attached hydrogen (secondary N) is 1. The van der Waals surface area contributed by atoms with Gasteiger partial charge < -0.3 is 24.3 Å². The molecule has 0 unspecified atom stereocenters. The number of benzene rings is 2. The van der Waals surface area contributed by atoms with Crippen LogP contribution in [0.25, 0.3) is 6.08 Å². The first-order chi connectivity index (χ1) is 13.3. The largest absolute Gasteiger partial charge is 0.573 e. The minimum Gasteiger partial charge on any atom is -0.493 e. The topological polar surface area (TPSA) is 66.0 Å². The van der Waals surface area contributed by atoms with Crippen molar-refractivity contribution in [3.05, 3.63) is 48.0 Å². The number of hydrogen-bond acceptors (Lipinski definition) is 5. The predicted molar refractivity (Wildman–Crippen MR) is 94.8 cm³/mol. The highest BCUT2D eigenvalue weighted by molar-refractivity contribution is 6.02. The number of halogens is 3. The molecule has 1 amide bonds. The first-order valence-electron chi connectivity index (χ1n) is 8.16. The number of ether oxygens (including phenoxy) is 4. The van der Waals surface area contributed by atoms with Gasteiger partial charge in [-0.2, -0.15) is 0 Å². The molecule has 28 heavy (non-hydrogen) atoms. The lowest BCUT2D eigenvalue weighted by molar-refractivity contribution is -0.274. The van der Waals surface area contributed by atoms with Crippen LogP contribution in [0.2, 0.25) is 0 Å². The molecule has 1 N–H and O–H groups in total. The molecule has 1 aliphatic rings. The number of carbonyl (C=O) groups is 1. The zero-order valence-electron chi connectivity index (χ0n) is 14.7. The van der Waals surface area contributed by atoms with E-state index in [0.29, 0.717) is 36.0 Å². The summed E-state index contributed by atoms with van der Waals surface area (Å²) in [5.74, 6) is 0.512. The molecule has 6 nitrogen and oxygen atoms in total. The van der Waals surface area contributed by atoms with Crippen LogP contribution in [-0.4, -0.2) is 32.6 Å². The van der Waals surface area contributed by atoms with E-state index in [2.05, 4.69) is 10.1 Å². The fraction of sp³-hybridized carbons (Fsp3) is 0.211. The molecule has 0 bridgehead atoms. The Morgan fingerprint density at radius 3 is 2.71 bits per heavy atom. The molecule has 1 heterocycles. The summed E-state index contributed by atoms with van der Waals surface area (Å²) < 4.78 is 56.9. The van der Waals surface area contributed by atoms with Gasteiger partial charge in [0.05, 0.1) is 7.11 Å². The number of fused-ring (bicyclic) bond motifs is 1. The van der Waals surface area contributed by atoms with Gasteiger partial charge in [0.15, 0.2) is 11.5 Å². The molecule has 0 fully saturated rings. The standard InChI is InChI=1S/C19H16F3NO5/c1-25-15-9-12(10-16-18(15)27-8-7-26-16)5-6-17(24)23-13-3-2-4-14(11-13)28-19(20,21)22/h2-6,9-11H,7-8H2,1H3,(H,23,24)/b6-5+. The van der Waals surface area contributed by atoms with Gasteiger partial charge in [-0.25, -0.2) is 0 Å². The summed E-state index contributed by atoms with van der Waals surface area (Å²) in [6, 6.07) is 8.37. The summed E-state index contributed by atoms with van der Waals surface area (Å²) in [5, 5.41) is 2.47. The van der Waals surface area contributed by atoms with E-state index in [1.807, 2.05) is 0 Å². The van der Waals surface area contributed by atoms with Crippen LogP contribution in [-0.2, 0) is 4.79 Å². The van der Waals surface area contributed by atoms with Crippen LogP contribution in [0.4, 0.5) is 18.9 Å². The number of hydrogen-bond donors (Lipinski definition) is 1. The number of methoxy groups -OCH3 is 1. The quantitative estimate of drug-likeness (QED) is 0.775. The van der Waals surface area contributed by atoms with Crippen molar-refractivity contribution in [2.45, 2.75) is 6.36 Å². The van der Waals surface area contributed by atoms with E-state index in [4.69, 9.17) is 14.2 Å². The zero-order valence-corrected chi connectivity index (χ0v) is 14.7. The summed E-state index contributed by atoms with van der Waals surface area (Å²) >= 11 is 0. The smallest absolute Gasteiger partial charge is 0.493 e. The first kappa shape index (κ1) is 19.4. The van der Waals surface area contributed by atoms with E-state index < -0.39 is 18.0 Å². The molecule has 2 aromatic rings. The molecule has 0 radical (unpaired) electrons. The maximum atomic E-state index is 12.3. The van der Waals surface area contributed by atoms with E-state index in [1.165, 1.54) is 31.4 Å². The fourth-order valence-electron chi connectivity index (χ4n) is 2.52. The minimum atomic E-state index is -4.81. The third-order valence-corrected chi connectivity index (χ3v) is 3.61. The lowest BCUT2D eigenvalue weighted by Gasteiger charge is -2.20. The highest BCUT2D eigenvalue weighted by atomic mass is 19.4. The Morgan fingerprint density at radius 2 is 1.96 bits per heavy atom. The molecule has 2 aromatic carbocycles. The lowest BCUT2D eigenvalue weighted by Crippen LogP contribution is -2.17. The molecule has 0 saturated carbocycles. The highest BCUT2D eigenvalue weighted by Gasteiger charge is 2.31. The summed E-state index contributed by atoms with van der Waals surface area (Å²) in [6.45, 7) is 0.818. The summed E-state index contributed by atoms with van der Waals surface area (Å²) in [7, 11) is 1.49. The van der Waals surface area contributed by atoms with Crippen molar-refractivity contribution < 1.29 is 36.9 Å². The molecule has 0 spiro atoms. The van der Waals surface area contributed by atoms with Gasteiger partial charge in [-0.1, -0.05) is 6.07 Å². The highest BCUT2D eigenvalue weighted by Crippen LogP contribution is 2.40. The maximum Gasteiger partial charge on any atom is 0.573 e. The predicted octanol–water partition coefficient (Wildman–Crippen LogP) is 4.02. The van der Waals surface area contributed by atoms with Crippen molar-refractivity contribution in [1.82, 2.24) is 0 Å². The van der Waals surface area contributed by atoms with Crippen LogP contribution in [0.3, 0.4) is 0 Å². The second-order valence-corrected chi connectivity index (χ2v) is 5.65. The first-order valence-corrected chi connectivity index (χ1v) is 8.16. The SMILES string of the molecule is COc1cc(/C=C/C(=O)Nc2cccc(OC(F)(F)F)c2)cc2c1OCCO2. The molecule has 0 atom stereocenters. The van der Waals surface area contributed by atoms with Crippen molar-refractivity contribution in [2.24, 2.45) is 0 Å². The van der Waals surface area contributed by atoms with Gasteiger partial charge in [0, 0.05) is 17.8 Å². The van der Waals surface area contributed by atoms with E-state index in [-0.39, 0.29) is 5.69 Å². The maximum absolute atomic E-state index is 12.3. The van der Waals surface area contributed by atoms with Crippen LogP contribution in [0.5, 0.6) is 23.0 Å². The lowest BCUT2D eigenvalue weighted by atomic mass is 10.1. The number of amides is 1. The number of carbonyl (C=O) groups excluding carboxylic acids is 1. The summed E-state index contributed by atoms with van der Waals surface area (Å²) in [5.41, 5.74) is 0.793. The summed E-state index contributed by atoms with van der Waals surface area (Å²) in [6.07, 6.45) is -2.05. The Balaban J connectivity index is 1.70. The van der Waals surface area contributed by atoms with Gasteiger partial charge >= 0.3 is 6.36 Å². The molecular weight excluding hydrogens is 379 g/mol.